The van der Waals surface area contributed by atoms with Gasteiger partial charge in [0.2, 0.25) is 0 Å². The number of likely N-dealkylation sites (tertiary alicyclic amines) is 1. The van der Waals surface area contributed by atoms with Gasteiger partial charge in [-0.05, 0) is 83.3 Å². The lowest BCUT2D eigenvalue weighted by molar-refractivity contribution is -0.150. The van der Waals surface area contributed by atoms with Gasteiger partial charge in [-0.2, -0.15) is 0 Å². The van der Waals surface area contributed by atoms with Gasteiger partial charge in [-0.1, -0.05) is 0 Å². The molecular formula is C17H30N2O. The predicted octanol–water partition coefficient (Wildman–Crippen LogP) is 2.55. The minimum Gasteiger partial charge on any atom is -0.375 e. The van der Waals surface area contributed by atoms with E-state index in [1.165, 1.54) is 77.4 Å². The maximum atomic E-state index is 6.08. The van der Waals surface area contributed by atoms with E-state index in [1.807, 2.05) is 0 Å². The van der Waals surface area contributed by atoms with Gasteiger partial charge in [0.15, 0.2) is 0 Å². The number of ether oxygens (including phenoxy) is 1. The van der Waals surface area contributed by atoms with Crippen molar-refractivity contribution < 1.29 is 4.74 Å². The van der Waals surface area contributed by atoms with E-state index in [0.29, 0.717) is 5.60 Å². The van der Waals surface area contributed by atoms with Crippen molar-refractivity contribution in [2.24, 2.45) is 5.92 Å². The Hall–Kier alpha value is -0.120. The standard InChI is InChI=1S/C17H30N2O/c1-7-17(8-1)12-16(6-11-20-17)19-9-4-15(5-10-19)18-13-14-2-3-14/h14-16,18H,1-13H2. The SMILES string of the molecule is C1CC2(C1)CC(N1CCC(NCC3CC3)CC1)CCO2. The van der Waals surface area contributed by atoms with Gasteiger partial charge in [-0.3, -0.25) is 0 Å². The van der Waals surface area contributed by atoms with Gasteiger partial charge in [0.05, 0.1) is 5.60 Å². The molecule has 0 bridgehead atoms. The monoisotopic (exact) mass is 278 g/mol. The summed E-state index contributed by atoms with van der Waals surface area (Å²) in [7, 11) is 0. The summed E-state index contributed by atoms with van der Waals surface area (Å²) in [6.45, 7) is 4.90. The van der Waals surface area contributed by atoms with E-state index in [1.54, 1.807) is 0 Å². The first kappa shape index (κ1) is 13.5. The molecule has 2 heterocycles. The third-order valence-corrected chi connectivity index (χ3v) is 6.17. The van der Waals surface area contributed by atoms with Crippen LogP contribution in [-0.4, -0.2) is 48.8 Å². The highest BCUT2D eigenvalue weighted by Gasteiger charge is 2.44. The molecular weight excluding hydrogens is 248 g/mol. The van der Waals surface area contributed by atoms with Gasteiger partial charge in [-0.25, -0.2) is 0 Å². The van der Waals surface area contributed by atoms with Gasteiger partial charge < -0.3 is 15.0 Å². The van der Waals surface area contributed by atoms with Crippen LogP contribution in [0, 0.1) is 5.92 Å². The molecule has 2 saturated carbocycles. The second-order valence-electron chi connectivity index (χ2n) is 7.69. The van der Waals surface area contributed by atoms with E-state index in [4.69, 9.17) is 4.74 Å². The largest absolute Gasteiger partial charge is 0.375 e. The molecule has 1 atom stereocenters. The molecule has 4 rings (SSSR count). The molecule has 0 aromatic carbocycles. The summed E-state index contributed by atoms with van der Waals surface area (Å²) in [6.07, 6.45) is 12.3. The van der Waals surface area contributed by atoms with Crippen LogP contribution < -0.4 is 5.32 Å². The zero-order chi connectivity index (χ0) is 13.4. The van der Waals surface area contributed by atoms with Crippen LogP contribution in [0.2, 0.25) is 0 Å². The number of hydrogen-bond donors (Lipinski definition) is 1. The maximum Gasteiger partial charge on any atom is 0.0697 e. The molecule has 0 aromatic rings. The van der Waals surface area contributed by atoms with Crippen LogP contribution >= 0.6 is 0 Å². The fourth-order valence-corrected chi connectivity index (χ4v) is 4.36. The summed E-state index contributed by atoms with van der Waals surface area (Å²) in [6, 6.07) is 1.61. The number of rotatable bonds is 4. The van der Waals surface area contributed by atoms with Gasteiger partial charge in [0.1, 0.15) is 0 Å². The molecule has 1 spiro atoms. The molecule has 0 radical (unpaired) electrons. The first-order chi connectivity index (χ1) is 9.83. The predicted molar refractivity (Wildman–Crippen MR) is 80.9 cm³/mol. The Bertz CT molecular complexity index is 330. The summed E-state index contributed by atoms with van der Waals surface area (Å²) in [5, 5.41) is 3.79. The lowest BCUT2D eigenvalue weighted by Crippen LogP contribution is -2.54. The molecule has 4 fully saturated rings. The lowest BCUT2D eigenvalue weighted by Gasteiger charge is -2.50. The third-order valence-electron chi connectivity index (χ3n) is 6.17. The smallest absolute Gasteiger partial charge is 0.0697 e. The normalized spacial score (nSPS) is 35.1. The molecule has 2 aliphatic heterocycles. The van der Waals surface area contributed by atoms with E-state index in [9.17, 15) is 0 Å². The molecule has 4 aliphatic rings. The lowest BCUT2D eigenvalue weighted by atomic mass is 9.73. The minimum absolute atomic E-state index is 0.310. The fraction of sp³-hybridized carbons (Fsp3) is 1.00. The number of nitrogens with zero attached hydrogens (tertiary/aromatic N) is 1. The zero-order valence-corrected chi connectivity index (χ0v) is 12.8. The van der Waals surface area contributed by atoms with Crippen LogP contribution in [0.25, 0.3) is 0 Å². The van der Waals surface area contributed by atoms with Crippen molar-refractivity contribution in [3.05, 3.63) is 0 Å². The summed E-state index contributed by atoms with van der Waals surface area (Å²) >= 11 is 0. The third kappa shape index (κ3) is 2.90. The topological polar surface area (TPSA) is 24.5 Å². The second kappa shape index (κ2) is 5.58. The van der Waals surface area contributed by atoms with Crippen LogP contribution in [0.5, 0.6) is 0 Å². The van der Waals surface area contributed by atoms with E-state index in [-0.39, 0.29) is 0 Å². The van der Waals surface area contributed by atoms with Gasteiger partial charge in [-0.15, -0.1) is 0 Å². The first-order valence-electron chi connectivity index (χ1n) is 8.94. The van der Waals surface area contributed by atoms with Crippen LogP contribution in [0.1, 0.15) is 57.8 Å². The van der Waals surface area contributed by atoms with Crippen molar-refractivity contribution in [2.45, 2.75) is 75.5 Å². The van der Waals surface area contributed by atoms with Gasteiger partial charge in [0.25, 0.3) is 0 Å². The average molecular weight is 278 g/mol. The van der Waals surface area contributed by atoms with Gasteiger partial charge in [0, 0.05) is 18.7 Å². The van der Waals surface area contributed by atoms with Crippen LogP contribution in [0.3, 0.4) is 0 Å². The summed E-state index contributed by atoms with van der Waals surface area (Å²) < 4.78 is 6.08. The Morgan fingerprint density at radius 3 is 2.50 bits per heavy atom. The summed E-state index contributed by atoms with van der Waals surface area (Å²) in [5.41, 5.74) is 0.310. The molecule has 3 heteroatoms. The van der Waals surface area contributed by atoms with Crippen molar-refractivity contribution in [1.29, 1.82) is 0 Å². The molecule has 0 aromatic heterocycles. The molecule has 2 aliphatic carbocycles. The van der Waals surface area contributed by atoms with Crippen molar-refractivity contribution in [3.63, 3.8) is 0 Å². The van der Waals surface area contributed by atoms with Crippen molar-refractivity contribution >= 4 is 0 Å². The Morgan fingerprint density at radius 1 is 1.05 bits per heavy atom. The second-order valence-corrected chi connectivity index (χ2v) is 7.69. The first-order valence-corrected chi connectivity index (χ1v) is 8.94. The molecule has 3 nitrogen and oxygen atoms in total. The number of nitrogens with one attached hydrogen (secondary N) is 1. The van der Waals surface area contributed by atoms with E-state index in [0.717, 1.165) is 24.6 Å². The minimum atomic E-state index is 0.310. The molecule has 0 amide bonds. The molecule has 1 N–H and O–H groups in total. The number of hydrogen-bond acceptors (Lipinski definition) is 3. The maximum absolute atomic E-state index is 6.08. The van der Waals surface area contributed by atoms with Gasteiger partial charge >= 0.3 is 0 Å². The highest BCUT2D eigenvalue weighted by molar-refractivity contribution is 4.97. The van der Waals surface area contributed by atoms with Crippen LogP contribution in [-0.2, 0) is 4.74 Å². The highest BCUT2D eigenvalue weighted by Crippen LogP contribution is 2.43. The van der Waals surface area contributed by atoms with Crippen LogP contribution in [0.15, 0.2) is 0 Å². The summed E-state index contributed by atoms with van der Waals surface area (Å²) in [5.74, 6) is 1.02. The Kier molecular flexibility index (Phi) is 3.78. The Balaban J connectivity index is 1.23. The molecule has 114 valence electrons. The van der Waals surface area contributed by atoms with E-state index >= 15 is 0 Å². The fourth-order valence-electron chi connectivity index (χ4n) is 4.36. The molecule has 1 unspecified atom stereocenters. The molecule has 2 saturated heterocycles. The zero-order valence-electron chi connectivity index (χ0n) is 12.8. The molecule has 20 heavy (non-hydrogen) atoms. The number of piperidine rings is 1. The Morgan fingerprint density at radius 2 is 1.85 bits per heavy atom. The van der Waals surface area contributed by atoms with E-state index in [2.05, 4.69) is 10.2 Å². The Labute approximate surface area is 123 Å². The summed E-state index contributed by atoms with van der Waals surface area (Å²) in [4.78, 5) is 2.78. The quantitative estimate of drug-likeness (QED) is 0.855. The highest BCUT2D eigenvalue weighted by atomic mass is 16.5. The van der Waals surface area contributed by atoms with Crippen molar-refractivity contribution in [2.75, 3.05) is 26.2 Å². The van der Waals surface area contributed by atoms with Crippen molar-refractivity contribution in [1.82, 2.24) is 10.2 Å². The van der Waals surface area contributed by atoms with Crippen molar-refractivity contribution in [3.8, 4) is 0 Å². The van der Waals surface area contributed by atoms with Crippen LogP contribution in [0.4, 0.5) is 0 Å². The average Bonchev–Trinajstić information content (AvgIpc) is 3.28. The van der Waals surface area contributed by atoms with E-state index < -0.39 is 0 Å².